The second-order valence-corrected chi connectivity index (χ2v) is 15.1. The third kappa shape index (κ3) is 4.38. The molecular weight excluding hydrogens is 709 g/mol. The van der Waals surface area contributed by atoms with Gasteiger partial charge in [0, 0.05) is 38.2 Å². The van der Waals surface area contributed by atoms with Crippen LogP contribution in [0.1, 0.15) is 0 Å². The fourth-order valence-corrected chi connectivity index (χ4v) is 9.48. The molecule has 268 valence electrons. The van der Waals surface area contributed by atoms with Crippen LogP contribution in [0.2, 0.25) is 0 Å². The molecule has 58 heavy (non-hydrogen) atoms. The van der Waals surface area contributed by atoms with Gasteiger partial charge in [0.15, 0.2) is 17.5 Å². The van der Waals surface area contributed by atoms with Crippen molar-refractivity contribution in [1.29, 1.82) is 0 Å². The van der Waals surface area contributed by atoms with E-state index in [1.54, 1.807) is 0 Å². The lowest BCUT2D eigenvalue weighted by Crippen LogP contribution is -2.04. The summed E-state index contributed by atoms with van der Waals surface area (Å²) in [4.78, 5) is 15.9. The highest BCUT2D eigenvalue weighted by Crippen LogP contribution is 2.50. The standard InChI is InChI=1S/C53H30N4O/c1-2-15-34-31(12-1)13-9-22-41(34)52-54-51(33-26-28-38-37-18-6-8-25-46(37)58-47(38)30-33)55-53(56-52)42-19-5-7-23-43(42)57-44-24-11-21-40-36-17-4-3-16-35(36)39-20-10-14-32-27-29-45(57)50(48(32)39)49(40)44/h1-30H. The zero-order valence-corrected chi connectivity index (χ0v) is 31.0. The van der Waals surface area contributed by atoms with Gasteiger partial charge in [0.1, 0.15) is 11.2 Å². The second-order valence-electron chi connectivity index (χ2n) is 15.1. The number of rotatable bonds is 4. The number of benzene rings is 9. The van der Waals surface area contributed by atoms with Crippen LogP contribution in [-0.2, 0) is 0 Å². The van der Waals surface area contributed by atoms with Crippen LogP contribution in [0.25, 0.3) is 127 Å². The van der Waals surface area contributed by atoms with Gasteiger partial charge in [-0.05, 0) is 86.3 Å². The van der Waals surface area contributed by atoms with E-state index in [-0.39, 0.29) is 0 Å². The predicted octanol–water partition coefficient (Wildman–Crippen LogP) is 13.8. The molecule has 3 heterocycles. The van der Waals surface area contributed by atoms with Crippen molar-refractivity contribution in [3.05, 3.63) is 182 Å². The first-order valence-corrected chi connectivity index (χ1v) is 19.6. The molecule has 0 radical (unpaired) electrons. The normalized spacial score (nSPS) is 12.1. The maximum atomic E-state index is 6.35. The summed E-state index contributed by atoms with van der Waals surface area (Å²) in [5, 5.41) is 9.38. The van der Waals surface area contributed by atoms with E-state index in [2.05, 4.69) is 168 Å². The van der Waals surface area contributed by atoms with Gasteiger partial charge in [0.25, 0.3) is 0 Å². The summed E-state index contributed by atoms with van der Waals surface area (Å²) >= 11 is 0. The Kier molecular flexibility index (Phi) is 6.38. The van der Waals surface area contributed by atoms with Crippen LogP contribution in [0.5, 0.6) is 0 Å². The fourth-order valence-electron chi connectivity index (χ4n) is 9.48. The minimum Gasteiger partial charge on any atom is -0.456 e. The van der Waals surface area contributed by atoms with Gasteiger partial charge in [-0.25, -0.2) is 15.0 Å². The zero-order valence-electron chi connectivity index (χ0n) is 31.0. The second kappa shape index (κ2) is 11.8. The van der Waals surface area contributed by atoms with Crippen molar-refractivity contribution in [3.8, 4) is 62.1 Å². The molecule has 0 saturated heterocycles. The summed E-state index contributed by atoms with van der Waals surface area (Å²) in [5.41, 5.74) is 12.6. The maximum absolute atomic E-state index is 6.35. The van der Waals surface area contributed by atoms with Gasteiger partial charge in [0.05, 0.1) is 16.7 Å². The van der Waals surface area contributed by atoms with E-state index >= 15 is 0 Å². The molecule has 0 fully saturated rings. The van der Waals surface area contributed by atoms with Crippen molar-refractivity contribution in [3.63, 3.8) is 0 Å². The zero-order chi connectivity index (χ0) is 37.9. The van der Waals surface area contributed by atoms with Crippen LogP contribution < -0.4 is 0 Å². The van der Waals surface area contributed by atoms with Gasteiger partial charge in [-0.15, -0.1) is 0 Å². The Hall–Kier alpha value is -7.89. The number of aromatic nitrogens is 4. The van der Waals surface area contributed by atoms with Crippen LogP contribution in [0, 0.1) is 0 Å². The van der Waals surface area contributed by atoms with E-state index in [9.17, 15) is 0 Å². The molecular formula is C53H30N4O. The van der Waals surface area contributed by atoms with Crippen molar-refractivity contribution in [2.45, 2.75) is 0 Å². The molecule has 0 atom stereocenters. The lowest BCUT2D eigenvalue weighted by atomic mass is 9.93. The molecule has 5 heteroatoms. The quantitative estimate of drug-likeness (QED) is 0.180. The molecule has 0 N–H and O–H groups in total. The number of fused-ring (bicyclic) bond motifs is 7. The molecule has 1 aliphatic carbocycles. The third-order valence-corrected chi connectivity index (χ3v) is 12.0. The smallest absolute Gasteiger partial charge is 0.166 e. The van der Waals surface area contributed by atoms with Crippen molar-refractivity contribution in [1.82, 2.24) is 19.5 Å². The van der Waals surface area contributed by atoms with E-state index in [0.29, 0.717) is 17.5 Å². The maximum Gasteiger partial charge on any atom is 0.166 e. The Morgan fingerprint density at radius 1 is 0.345 bits per heavy atom. The van der Waals surface area contributed by atoms with Gasteiger partial charge in [-0.3, -0.25) is 0 Å². The van der Waals surface area contributed by atoms with Crippen molar-refractivity contribution < 1.29 is 4.42 Å². The molecule has 0 unspecified atom stereocenters. The van der Waals surface area contributed by atoms with Gasteiger partial charge in [-0.2, -0.15) is 0 Å². The van der Waals surface area contributed by atoms with E-state index in [1.807, 2.05) is 18.2 Å². The van der Waals surface area contributed by atoms with Crippen LogP contribution in [0.15, 0.2) is 186 Å². The summed E-state index contributed by atoms with van der Waals surface area (Å²) in [7, 11) is 0. The van der Waals surface area contributed by atoms with Gasteiger partial charge < -0.3 is 8.98 Å². The lowest BCUT2D eigenvalue weighted by molar-refractivity contribution is 0.669. The summed E-state index contributed by atoms with van der Waals surface area (Å²) in [6.07, 6.45) is 0. The number of furan rings is 1. The van der Waals surface area contributed by atoms with E-state index in [0.717, 1.165) is 66.1 Å². The highest BCUT2D eigenvalue weighted by Gasteiger charge is 2.26. The Bertz CT molecular complexity index is 3700. The first kappa shape index (κ1) is 31.3. The molecule has 0 spiro atoms. The summed E-state index contributed by atoms with van der Waals surface area (Å²) in [5.74, 6) is 1.79. The number of hydrogen-bond acceptors (Lipinski definition) is 4. The van der Waals surface area contributed by atoms with Crippen LogP contribution in [-0.4, -0.2) is 19.5 Å². The Balaban J connectivity index is 1.10. The highest BCUT2D eigenvalue weighted by molar-refractivity contribution is 6.30. The largest absolute Gasteiger partial charge is 0.456 e. The molecule has 5 nitrogen and oxygen atoms in total. The third-order valence-electron chi connectivity index (χ3n) is 12.0. The average Bonchev–Trinajstić information content (AvgIpc) is 3.80. The van der Waals surface area contributed by atoms with Gasteiger partial charge >= 0.3 is 0 Å². The molecule has 12 aromatic rings. The molecule has 0 bridgehead atoms. The molecule has 1 aliphatic rings. The van der Waals surface area contributed by atoms with Crippen LogP contribution >= 0.6 is 0 Å². The monoisotopic (exact) mass is 738 g/mol. The first-order chi connectivity index (χ1) is 28.8. The summed E-state index contributed by atoms with van der Waals surface area (Å²) in [6, 6.07) is 64.4. The number of nitrogens with zero attached hydrogens (tertiary/aromatic N) is 4. The van der Waals surface area contributed by atoms with E-state index < -0.39 is 0 Å². The van der Waals surface area contributed by atoms with Crippen molar-refractivity contribution >= 4 is 65.3 Å². The Morgan fingerprint density at radius 3 is 1.79 bits per heavy atom. The minimum atomic E-state index is 0.580. The van der Waals surface area contributed by atoms with Gasteiger partial charge in [0.2, 0.25) is 0 Å². The Morgan fingerprint density at radius 2 is 0.931 bits per heavy atom. The van der Waals surface area contributed by atoms with E-state index in [1.165, 1.54) is 43.8 Å². The number of para-hydroxylation sites is 2. The highest BCUT2D eigenvalue weighted by atomic mass is 16.3. The molecule has 9 aromatic carbocycles. The number of hydrogen-bond donors (Lipinski definition) is 0. The Labute approximate surface area is 332 Å². The molecule has 0 aliphatic heterocycles. The molecule has 3 aromatic heterocycles. The van der Waals surface area contributed by atoms with Gasteiger partial charge in [-0.1, -0.05) is 140 Å². The van der Waals surface area contributed by atoms with Crippen molar-refractivity contribution in [2.75, 3.05) is 0 Å². The average molecular weight is 739 g/mol. The molecule has 13 rings (SSSR count). The fraction of sp³-hybridized carbons (Fsp3) is 0. The topological polar surface area (TPSA) is 56.7 Å². The molecule has 0 saturated carbocycles. The predicted molar refractivity (Wildman–Crippen MR) is 237 cm³/mol. The lowest BCUT2D eigenvalue weighted by Gasteiger charge is -2.16. The minimum absolute atomic E-state index is 0.580. The van der Waals surface area contributed by atoms with Crippen LogP contribution in [0.4, 0.5) is 0 Å². The summed E-state index contributed by atoms with van der Waals surface area (Å²) < 4.78 is 8.76. The summed E-state index contributed by atoms with van der Waals surface area (Å²) in [6.45, 7) is 0. The SMILES string of the molecule is c1ccc2c(c1)-c1cccc3ccc4c(c13)c1c-2cccc1n4-c1ccccc1-c1nc(-c2ccc3c(c2)oc2ccccc23)nc(-c2cccc3ccccc23)n1. The van der Waals surface area contributed by atoms with E-state index in [4.69, 9.17) is 19.4 Å². The van der Waals surface area contributed by atoms with Crippen LogP contribution in [0.3, 0.4) is 0 Å². The molecule has 0 amide bonds. The first-order valence-electron chi connectivity index (χ1n) is 19.6. The van der Waals surface area contributed by atoms with Crippen molar-refractivity contribution in [2.24, 2.45) is 0 Å².